The van der Waals surface area contributed by atoms with Crippen LogP contribution in [0.4, 0.5) is 0 Å². The minimum Gasteiger partial charge on any atom is -0.481 e. The summed E-state index contributed by atoms with van der Waals surface area (Å²) in [5, 5.41) is 12.4. The van der Waals surface area contributed by atoms with Gasteiger partial charge in [-0.1, -0.05) is 6.07 Å². The second kappa shape index (κ2) is 6.22. The van der Waals surface area contributed by atoms with Gasteiger partial charge in [0, 0.05) is 38.1 Å². The molecule has 0 aliphatic rings. The second-order valence-electron chi connectivity index (χ2n) is 4.62. The third-order valence-corrected chi connectivity index (χ3v) is 3.41. The van der Waals surface area contributed by atoms with Gasteiger partial charge in [-0.3, -0.25) is 0 Å². The molecule has 1 N–H and O–H groups in total. The number of hydrogen-bond acceptors (Lipinski definition) is 4. The molecule has 2 aromatic rings. The minimum atomic E-state index is 0.617. The maximum Gasteiger partial charge on any atom is 0.212 e. The third kappa shape index (κ3) is 2.98. The van der Waals surface area contributed by atoms with Gasteiger partial charge in [-0.2, -0.15) is 5.26 Å². The fraction of sp³-hybridized carbons (Fsp3) is 0.333. The number of nitrogens with zero attached hydrogens (tertiary/aromatic N) is 3. The van der Waals surface area contributed by atoms with Gasteiger partial charge in [-0.25, -0.2) is 4.98 Å². The van der Waals surface area contributed by atoms with E-state index in [2.05, 4.69) is 16.4 Å². The molecule has 2 heterocycles. The summed E-state index contributed by atoms with van der Waals surface area (Å²) in [5.74, 6) is 0.617. The number of ether oxygens (including phenoxy) is 1. The first-order chi connectivity index (χ1) is 9.65. The van der Waals surface area contributed by atoms with Crippen molar-refractivity contribution in [2.24, 2.45) is 7.05 Å². The maximum absolute atomic E-state index is 9.00. The smallest absolute Gasteiger partial charge is 0.212 e. The zero-order chi connectivity index (χ0) is 14.5. The number of nitrogens with one attached hydrogen (secondary N) is 1. The standard InChI is InChI=1S/C15H18N4O/c1-11-13(6-14(7-16)19(11)2)10-17-8-12-4-5-15(20-3)18-9-12/h4-6,9,17H,8,10H2,1-3H3. The van der Waals surface area contributed by atoms with E-state index in [1.165, 1.54) is 0 Å². The van der Waals surface area contributed by atoms with Crippen LogP contribution in [0.2, 0.25) is 0 Å². The molecule has 0 saturated heterocycles. The van der Waals surface area contributed by atoms with Gasteiger partial charge >= 0.3 is 0 Å². The van der Waals surface area contributed by atoms with Gasteiger partial charge in [-0.05, 0) is 24.1 Å². The molecule has 5 heteroatoms. The Morgan fingerprint density at radius 1 is 1.40 bits per heavy atom. The lowest BCUT2D eigenvalue weighted by molar-refractivity contribution is 0.397. The minimum absolute atomic E-state index is 0.617. The monoisotopic (exact) mass is 270 g/mol. The van der Waals surface area contributed by atoms with Crippen molar-refractivity contribution in [1.82, 2.24) is 14.9 Å². The van der Waals surface area contributed by atoms with Gasteiger partial charge in [0.25, 0.3) is 0 Å². The van der Waals surface area contributed by atoms with Crippen molar-refractivity contribution in [3.63, 3.8) is 0 Å². The number of methoxy groups -OCH3 is 1. The van der Waals surface area contributed by atoms with Crippen molar-refractivity contribution >= 4 is 0 Å². The summed E-state index contributed by atoms with van der Waals surface area (Å²) in [7, 11) is 3.51. The molecule has 0 spiro atoms. The number of rotatable bonds is 5. The molecule has 0 aromatic carbocycles. The van der Waals surface area contributed by atoms with E-state index in [1.807, 2.05) is 36.7 Å². The summed E-state index contributed by atoms with van der Waals surface area (Å²) in [4.78, 5) is 4.16. The molecule has 0 fully saturated rings. The molecule has 0 aliphatic carbocycles. The zero-order valence-electron chi connectivity index (χ0n) is 12.0. The highest BCUT2D eigenvalue weighted by molar-refractivity contribution is 5.34. The quantitative estimate of drug-likeness (QED) is 0.901. The lowest BCUT2D eigenvalue weighted by atomic mass is 10.2. The molecular weight excluding hydrogens is 252 g/mol. The first-order valence-corrected chi connectivity index (χ1v) is 6.40. The van der Waals surface area contributed by atoms with Crippen molar-refractivity contribution in [2.75, 3.05) is 7.11 Å². The van der Waals surface area contributed by atoms with Crippen molar-refractivity contribution < 1.29 is 4.74 Å². The van der Waals surface area contributed by atoms with Crippen LogP contribution in [0.1, 0.15) is 22.5 Å². The molecular formula is C15H18N4O. The Labute approximate surface area is 118 Å². The molecule has 2 aromatic heterocycles. The Bertz CT molecular complexity index is 623. The fourth-order valence-electron chi connectivity index (χ4n) is 2.03. The molecule has 0 bridgehead atoms. The van der Waals surface area contributed by atoms with E-state index >= 15 is 0 Å². The SMILES string of the molecule is COc1ccc(CNCc2cc(C#N)n(C)c2C)cn1. The third-order valence-electron chi connectivity index (χ3n) is 3.41. The van der Waals surface area contributed by atoms with Gasteiger partial charge < -0.3 is 14.6 Å². The van der Waals surface area contributed by atoms with Crippen LogP contribution in [0, 0.1) is 18.3 Å². The van der Waals surface area contributed by atoms with Crippen molar-refractivity contribution in [3.05, 3.63) is 46.9 Å². The highest BCUT2D eigenvalue weighted by atomic mass is 16.5. The number of aromatic nitrogens is 2. The lowest BCUT2D eigenvalue weighted by Gasteiger charge is -2.06. The Morgan fingerprint density at radius 3 is 2.75 bits per heavy atom. The summed E-state index contributed by atoms with van der Waals surface area (Å²) < 4.78 is 6.93. The first-order valence-electron chi connectivity index (χ1n) is 6.40. The average molecular weight is 270 g/mol. The van der Waals surface area contributed by atoms with Crippen LogP contribution in [0.5, 0.6) is 5.88 Å². The predicted molar refractivity (Wildman–Crippen MR) is 76.2 cm³/mol. The van der Waals surface area contributed by atoms with Crippen LogP contribution < -0.4 is 10.1 Å². The van der Waals surface area contributed by atoms with Crippen LogP contribution in [-0.2, 0) is 20.1 Å². The topological polar surface area (TPSA) is 62.9 Å². The Kier molecular flexibility index (Phi) is 4.38. The molecule has 0 radical (unpaired) electrons. The molecule has 5 nitrogen and oxygen atoms in total. The van der Waals surface area contributed by atoms with Crippen LogP contribution in [0.3, 0.4) is 0 Å². The van der Waals surface area contributed by atoms with Gasteiger partial charge in [0.2, 0.25) is 5.88 Å². The molecule has 0 amide bonds. The van der Waals surface area contributed by atoms with Gasteiger partial charge in [0.05, 0.1) is 7.11 Å². The van der Waals surface area contributed by atoms with E-state index in [9.17, 15) is 0 Å². The van der Waals surface area contributed by atoms with Crippen molar-refractivity contribution in [1.29, 1.82) is 5.26 Å². The van der Waals surface area contributed by atoms with Gasteiger partial charge in [0.15, 0.2) is 0 Å². The van der Waals surface area contributed by atoms with Crippen LogP contribution >= 0.6 is 0 Å². The second-order valence-corrected chi connectivity index (χ2v) is 4.62. The number of nitriles is 1. The van der Waals surface area contributed by atoms with Crippen LogP contribution in [-0.4, -0.2) is 16.7 Å². The summed E-state index contributed by atoms with van der Waals surface area (Å²) in [6.07, 6.45) is 1.80. The van der Waals surface area contributed by atoms with Crippen LogP contribution in [0.15, 0.2) is 24.4 Å². The fourth-order valence-corrected chi connectivity index (χ4v) is 2.03. The van der Waals surface area contributed by atoms with E-state index in [0.717, 1.165) is 29.9 Å². The maximum atomic E-state index is 9.00. The molecule has 0 aliphatic heterocycles. The van der Waals surface area contributed by atoms with E-state index in [-0.39, 0.29) is 0 Å². The van der Waals surface area contributed by atoms with E-state index < -0.39 is 0 Å². The molecule has 104 valence electrons. The van der Waals surface area contributed by atoms with Crippen LogP contribution in [0.25, 0.3) is 0 Å². The Balaban J connectivity index is 1.94. The lowest BCUT2D eigenvalue weighted by Crippen LogP contribution is -2.13. The number of hydrogen-bond donors (Lipinski definition) is 1. The largest absolute Gasteiger partial charge is 0.481 e. The van der Waals surface area contributed by atoms with Gasteiger partial charge in [0.1, 0.15) is 11.8 Å². The molecule has 20 heavy (non-hydrogen) atoms. The first kappa shape index (κ1) is 14.1. The number of pyridine rings is 1. The summed E-state index contributed by atoms with van der Waals surface area (Å²) in [5.41, 5.74) is 4.04. The normalized spacial score (nSPS) is 10.3. The molecule has 0 unspecified atom stereocenters. The predicted octanol–water partition coefficient (Wildman–Crippen LogP) is 1.90. The Morgan fingerprint density at radius 2 is 2.20 bits per heavy atom. The highest BCUT2D eigenvalue weighted by Gasteiger charge is 2.07. The van der Waals surface area contributed by atoms with E-state index in [1.54, 1.807) is 13.3 Å². The zero-order valence-corrected chi connectivity index (χ0v) is 12.0. The van der Waals surface area contributed by atoms with E-state index in [0.29, 0.717) is 11.6 Å². The summed E-state index contributed by atoms with van der Waals surface area (Å²) >= 11 is 0. The summed E-state index contributed by atoms with van der Waals surface area (Å²) in [6.45, 7) is 3.48. The Hall–Kier alpha value is -2.32. The van der Waals surface area contributed by atoms with Crippen molar-refractivity contribution in [2.45, 2.75) is 20.0 Å². The van der Waals surface area contributed by atoms with Gasteiger partial charge in [-0.15, -0.1) is 0 Å². The summed E-state index contributed by atoms with van der Waals surface area (Å²) in [6, 6.07) is 7.94. The molecule has 2 rings (SSSR count). The van der Waals surface area contributed by atoms with E-state index in [4.69, 9.17) is 10.00 Å². The average Bonchev–Trinajstić information content (AvgIpc) is 2.76. The molecule has 0 saturated carbocycles. The van der Waals surface area contributed by atoms with Crippen molar-refractivity contribution in [3.8, 4) is 11.9 Å². The molecule has 0 atom stereocenters. The highest BCUT2D eigenvalue weighted by Crippen LogP contribution is 2.13.